The second kappa shape index (κ2) is 9.50. The van der Waals surface area contributed by atoms with Gasteiger partial charge in [-0.3, -0.25) is 14.4 Å². The molecule has 0 saturated carbocycles. The fourth-order valence-corrected chi connectivity index (χ4v) is 2.65. The first-order chi connectivity index (χ1) is 11.6. The third-order valence-electron chi connectivity index (χ3n) is 3.95. The number of aliphatic hydroxyl groups is 2. The van der Waals surface area contributed by atoms with Gasteiger partial charge in [0.25, 0.3) is 0 Å². The molecule has 1 aliphatic carbocycles. The largest absolute Gasteiger partial charge is 0.390 e. The highest BCUT2D eigenvalue weighted by Gasteiger charge is 2.34. The lowest BCUT2D eigenvalue weighted by Crippen LogP contribution is -2.55. The third-order valence-corrected chi connectivity index (χ3v) is 3.95. The number of nitrogens with one attached hydrogen (secondary N) is 2. The molecule has 25 heavy (non-hydrogen) atoms. The van der Waals surface area contributed by atoms with Gasteiger partial charge < -0.3 is 32.3 Å². The van der Waals surface area contributed by atoms with Crippen molar-refractivity contribution < 1.29 is 30.3 Å². The Balaban J connectivity index is 2.87. The summed E-state index contributed by atoms with van der Waals surface area (Å²) in [4.78, 5) is 35.6. The molecule has 142 valence electrons. The van der Waals surface area contributed by atoms with Crippen LogP contribution in [-0.4, -0.2) is 58.8 Å². The summed E-state index contributed by atoms with van der Waals surface area (Å²) in [6.45, 7) is 4.19. The number of rotatable bonds is 8. The highest BCUT2D eigenvalue weighted by Crippen LogP contribution is 2.20. The Kier molecular flexibility index (Phi) is 8.01. The van der Waals surface area contributed by atoms with Crippen molar-refractivity contribution >= 4 is 17.7 Å². The number of carbonyl (C=O) groups excluding carboxylic acids is 3. The molecule has 0 saturated heterocycles. The van der Waals surface area contributed by atoms with E-state index in [1.807, 2.05) is 13.8 Å². The van der Waals surface area contributed by atoms with Gasteiger partial charge in [0.05, 0.1) is 25.1 Å². The van der Waals surface area contributed by atoms with E-state index in [4.69, 9.17) is 5.73 Å². The van der Waals surface area contributed by atoms with E-state index < -0.39 is 36.1 Å². The van der Waals surface area contributed by atoms with E-state index in [-0.39, 0.29) is 30.2 Å². The Labute approximate surface area is 146 Å². The van der Waals surface area contributed by atoms with Crippen molar-refractivity contribution in [2.45, 2.75) is 57.4 Å². The van der Waals surface area contributed by atoms with E-state index in [0.29, 0.717) is 13.0 Å². The second-order valence-corrected chi connectivity index (χ2v) is 6.71. The van der Waals surface area contributed by atoms with Gasteiger partial charge in [0.2, 0.25) is 17.7 Å². The Morgan fingerprint density at radius 2 is 2.00 bits per heavy atom. The van der Waals surface area contributed by atoms with Crippen molar-refractivity contribution in [2.24, 2.45) is 11.7 Å². The van der Waals surface area contributed by atoms with Crippen LogP contribution in [0.25, 0.3) is 0 Å². The molecule has 3 amide bonds. The monoisotopic (exact) mass is 357 g/mol. The van der Waals surface area contributed by atoms with Gasteiger partial charge in [-0.05, 0) is 12.3 Å². The molecule has 0 aromatic rings. The molecule has 9 heteroatoms. The summed E-state index contributed by atoms with van der Waals surface area (Å²) in [7, 11) is 0. The van der Waals surface area contributed by atoms with Crippen LogP contribution >= 0.6 is 0 Å². The van der Waals surface area contributed by atoms with Crippen molar-refractivity contribution in [3.8, 4) is 0 Å². The number of primary amides is 1. The van der Waals surface area contributed by atoms with Gasteiger partial charge in [0.1, 0.15) is 12.1 Å². The van der Waals surface area contributed by atoms with Crippen molar-refractivity contribution in [2.75, 3.05) is 6.54 Å². The normalized spacial score (nSPS) is 24.4. The van der Waals surface area contributed by atoms with Gasteiger partial charge in [-0.1, -0.05) is 19.9 Å². The van der Waals surface area contributed by atoms with Crippen LogP contribution in [-0.2, 0) is 14.4 Å². The molecule has 0 aromatic carbocycles. The second-order valence-electron chi connectivity index (χ2n) is 6.71. The summed E-state index contributed by atoms with van der Waals surface area (Å²) in [5.41, 5.74) is 9.07. The summed E-state index contributed by atoms with van der Waals surface area (Å²) in [6.07, 6.45) is -0.528. The molecular formula is C16H29N4O5+. The molecule has 0 spiro atoms. The van der Waals surface area contributed by atoms with Crippen LogP contribution in [0.5, 0.6) is 0 Å². The molecule has 1 aliphatic rings. The van der Waals surface area contributed by atoms with E-state index in [9.17, 15) is 24.6 Å². The molecule has 0 radical (unpaired) electrons. The van der Waals surface area contributed by atoms with E-state index in [0.717, 1.165) is 0 Å². The van der Waals surface area contributed by atoms with E-state index in [2.05, 4.69) is 16.4 Å². The van der Waals surface area contributed by atoms with Crippen LogP contribution in [0.1, 0.15) is 33.1 Å². The summed E-state index contributed by atoms with van der Waals surface area (Å²) >= 11 is 0. The van der Waals surface area contributed by atoms with Crippen LogP contribution in [0.15, 0.2) is 11.6 Å². The molecule has 0 aliphatic heterocycles. The van der Waals surface area contributed by atoms with Crippen molar-refractivity contribution in [1.29, 1.82) is 0 Å². The minimum Gasteiger partial charge on any atom is -0.390 e. The van der Waals surface area contributed by atoms with Gasteiger partial charge in [-0.25, -0.2) is 0 Å². The fourth-order valence-electron chi connectivity index (χ4n) is 2.65. The molecule has 0 unspecified atom stereocenters. The minimum atomic E-state index is -1.21. The fraction of sp³-hybridized carbons (Fsp3) is 0.688. The highest BCUT2D eigenvalue weighted by molar-refractivity contribution is 5.97. The zero-order valence-corrected chi connectivity index (χ0v) is 14.7. The first-order valence-electron chi connectivity index (χ1n) is 8.41. The molecule has 9 nitrogen and oxygen atoms in total. The van der Waals surface area contributed by atoms with Gasteiger partial charge in [0, 0.05) is 12.0 Å². The smallest absolute Gasteiger partial charge is 0.247 e. The first-order valence-corrected chi connectivity index (χ1v) is 8.41. The Hall–Kier alpha value is -1.97. The highest BCUT2D eigenvalue weighted by atomic mass is 16.3. The number of quaternary nitrogens is 1. The van der Waals surface area contributed by atoms with E-state index in [1.54, 1.807) is 0 Å². The topological polar surface area (TPSA) is 169 Å². The summed E-state index contributed by atoms with van der Waals surface area (Å²) < 4.78 is 0. The Morgan fingerprint density at radius 1 is 1.36 bits per heavy atom. The molecule has 0 fully saturated rings. The average Bonchev–Trinajstić information content (AvgIpc) is 2.50. The maximum Gasteiger partial charge on any atom is 0.247 e. The summed E-state index contributed by atoms with van der Waals surface area (Å²) in [5, 5.41) is 25.1. The zero-order valence-electron chi connectivity index (χ0n) is 14.7. The molecule has 9 N–H and O–H groups in total. The third kappa shape index (κ3) is 6.45. The van der Waals surface area contributed by atoms with Gasteiger partial charge in [-0.15, -0.1) is 0 Å². The number of hydrogen-bond donors (Lipinski definition) is 6. The molecule has 4 atom stereocenters. The number of nitrogens with two attached hydrogens (primary N) is 1. The molecular weight excluding hydrogens is 328 g/mol. The lowest BCUT2D eigenvalue weighted by atomic mass is 9.89. The van der Waals surface area contributed by atoms with Crippen LogP contribution in [0.2, 0.25) is 0 Å². The Bertz CT molecular complexity index is 535. The average molecular weight is 357 g/mol. The molecule has 1 rings (SSSR count). The quantitative estimate of drug-likeness (QED) is 0.275. The lowest BCUT2D eigenvalue weighted by Gasteiger charge is -2.31. The van der Waals surface area contributed by atoms with Crippen LogP contribution in [0.3, 0.4) is 0 Å². The van der Waals surface area contributed by atoms with Gasteiger partial charge >= 0.3 is 0 Å². The Morgan fingerprint density at radius 3 is 2.52 bits per heavy atom. The summed E-state index contributed by atoms with van der Waals surface area (Å²) in [5.74, 6) is -1.37. The minimum absolute atomic E-state index is 0.0815. The first kappa shape index (κ1) is 21.1. The molecule has 0 bridgehead atoms. The van der Waals surface area contributed by atoms with Crippen molar-refractivity contribution in [1.82, 2.24) is 10.6 Å². The SMILES string of the molecule is CC(C)C[C@@H](NC(=O)C1=C[C@@H](NC(=O)CC[NH3+])[C@@H](O)[C@H](O)C1)C(N)=O. The van der Waals surface area contributed by atoms with Gasteiger partial charge in [0.15, 0.2) is 0 Å². The van der Waals surface area contributed by atoms with Crippen molar-refractivity contribution in [3.05, 3.63) is 11.6 Å². The van der Waals surface area contributed by atoms with Crippen molar-refractivity contribution in [3.63, 3.8) is 0 Å². The summed E-state index contributed by atoms with van der Waals surface area (Å²) in [6, 6.07) is -1.71. The molecule has 0 aromatic heterocycles. The van der Waals surface area contributed by atoms with Crippen LogP contribution < -0.4 is 22.1 Å². The molecule has 0 heterocycles. The predicted molar refractivity (Wildman–Crippen MR) is 89.6 cm³/mol. The number of aliphatic hydroxyl groups excluding tert-OH is 2. The van der Waals surface area contributed by atoms with Crippen LogP contribution in [0.4, 0.5) is 0 Å². The maximum atomic E-state index is 12.4. The lowest BCUT2D eigenvalue weighted by molar-refractivity contribution is -0.366. The predicted octanol–water partition coefficient (Wildman–Crippen LogP) is -2.83. The number of hydrogen-bond acceptors (Lipinski definition) is 5. The van der Waals surface area contributed by atoms with Crippen LogP contribution in [0, 0.1) is 5.92 Å². The maximum absolute atomic E-state index is 12.4. The number of carbonyl (C=O) groups is 3. The van der Waals surface area contributed by atoms with E-state index >= 15 is 0 Å². The standard InChI is InChI=1S/C16H28N4O5/c1-8(2)5-11(15(18)24)20-16(25)9-6-10(14(23)12(21)7-9)19-13(22)3-4-17/h6,8,10-12,14,21,23H,3-5,7,17H2,1-2H3,(H2,18,24)(H,19,22)(H,20,25)/p+1/t10-,11-,12-,14-/m1/s1. The zero-order chi connectivity index (χ0) is 19.1. The number of amides is 3. The van der Waals surface area contributed by atoms with Gasteiger partial charge in [-0.2, -0.15) is 0 Å². The van der Waals surface area contributed by atoms with E-state index in [1.165, 1.54) is 6.08 Å².